The van der Waals surface area contributed by atoms with Crippen LogP contribution < -0.4 is 11.1 Å². The monoisotopic (exact) mass is 265 g/mol. The Hall–Kier alpha value is -1.40. The minimum absolute atomic E-state index is 0.122. The molecule has 106 valence electrons. The molecule has 0 aliphatic carbocycles. The first-order valence-corrected chi connectivity index (χ1v) is 6.84. The number of likely N-dealkylation sites (tertiary alicyclic amines) is 1. The van der Waals surface area contributed by atoms with E-state index in [1.165, 1.54) is 0 Å². The molecule has 0 bridgehead atoms. The van der Waals surface area contributed by atoms with Gasteiger partial charge in [-0.3, -0.25) is 9.48 Å². The van der Waals surface area contributed by atoms with Gasteiger partial charge < -0.3 is 16.0 Å². The highest BCUT2D eigenvalue weighted by Crippen LogP contribution is 2.15. The maximum atomic E-state index is 12.0. The van der Waals surface area contributed by atoms with Gasteiger partial charge >= 0.3 is 0 Å². The number of rotatable bonds is 5. The van der Waals surface area contributed by atoms with E-state index in [1.807, 2.05) is 7.05 Å². The summed E-state index contributed by atoms with van der Waals surface area (Å²) in [7, 11) is 1.81. The summed E-state index contributed by atoms with van der Waals surface area (Å²) >= 11 is 0. The molecule has 2 atom stereocenters. The summed E-state index contributed by atoms with van der Waals surface area (Å²) in [6.45, 7) is 6.16. The second-order valence-electron chi connectivity index (χ2n) is 5.22. The van der Waals surface area contributed by atoms with Gasteiger partial charge in [0.25, 0.3) is 0 Å². The number of aryl methyl sites for hydroxylation is 1. The van der Waals surface area contributed by atoms with Gasteiger partial charge in [0, 0.05) is 31.9 Å². The molecule has 3 N–H and O–H groups in total. The minimum Gasteiger partial charge on any atom is -0.354 e. The normalized spacial score (nSPS) is 21.5. The quantitative estimate of drug-likeness (QED) is 0.778. The molecular weight excluding hydrogens is 242 g/mol. The Kier molecular flexibility index (Phi) is 4.55. The lowest BCUT2D eigenvalue weighted by Crippen LogP contribution is -2.37. The Morgan fingerprint density at radius 2 is 2.47 bits per heavy atom. The second kappa shape index (κ2) is 6.16. The van der Waals surface area contributed by atoms with Gasteiger partial charge in [0.15, 0.2) is 0 Å². The van der Waals surface area contributed by atoms with Crippen molar-refractivity contribution in [3.8, 4) is 0 Å². The highest BCUT2D eigenvalue weighted by molar-refractivity contribution is 5.82. The minimum atomic E-state index is -0.627. The molecule has 1 amide bonds. The average Bonchev–Trinajstić information content (AvgIpc) is 3.03. The number of aromatic nitrogens is 2. The van der Waals surface area contributed by atoms with Crippen LogP contribution in [0.5, 0.6) is 0 Å². The van der Waals surface area contributed by atoms with E-state index in [9.17, 15) is 4.79 Å². The maximum absolute atomic E-state index is 12.0. The van der Waals surface area contributed by atoms with E-state index in [2.05, 4.69) is 22.2 Å². The van der Waals surface area contributed by atoms with Crippen molar-refractivity contribution in [2.24, 2.45) is 18.7 Å². The number of amides is 1. The van der Waals surface area contributed by atoms with Crippen LogP contribution in [-0.2, 0) is 11.8 Å². The number of hydrogen-bond acceptors (Lipinski definition) is 4. The van der Waals surface area contributed by atoms with Crippen LogP contribution in [0.4, 0.5) is 0 Å². The molecule has 2 heterocycles. The fourth-order valence-electron chi connectivity index (χ4n) is 2.47. The summed E-state index contributed by atoms with van der Waals surface area (Å²) in [5.74, 6) is 0.424. The Bertz CT molecular complexity index is 430. The van der Waals surface area contributed by atoms with Crippen LogP contribution >= 0.6 is 0 Å². The zero-order valence-electron chi connectivity index (χ0n) is 11.7. The van der Waals surface area contributed by atoms with Crippen molar-refractivity contribution in [2.45, 2.75) is 19.4 Å². The fraction of sp³-hybridized carbons (Fsp3) is 0.692. The highest BCUT2D eigenvalue weighted by atomic mass is 16.2. The number of hydrogen-bond donors (Lipinski definition) is 2. The van der Waals surface area contributed by atoms with Gasteiger partial charge in [-0.1, -0.05) is 6.92 Å². The molecule has 0 aromatic carbocycles. The van der Waals surface area contributed by atoms with Crippen molar-refractivity contribution in [2.75, 3.05) is 26.2 Å². The standard InChI is InChI=1S/C13H23N5O/c1-3-18-5-4-10(8-18)6-15-13(19)12(14)11-7-16-17(2)9-11/h7,9-10,12H,3-6,8,14H2,1-2H3,(H,15,19). The number of carbonyl (C=O) groups is 1. The third-order valence-corrected chi connectivity index (χ3v) is 3.75. The van der Waals surface area contributed by atoms with Gasteiger partial charge in [0.1, 0.15) is 6.04 Å². The third kappa shape index (κ3) is 3.54. The maximum Gasteiger partial charge on any atom is 0.241 e. The molecule has 1 aliphatic heterocycles. The molecule has 6 heteroatoms. The Morgan fingerprint density at radius 3 is 3.05 bits per heavy atom. The van der Waals surface area contributed by atoms with Gasteiger partial charge in [-0.25, -0.2) is 0 Å². The predicted octanol–water partition coefficient (Wildman–Crippen LogP) is -0.122. The summed E-state index contributed by atoms with van der Waals surface area (Å²) in [6, 6.07) is -0.627. The molecule has 19 heavy (non-hydrogen) atoms. The van der Waals surface area contributed by atoms with Gasteiger partial charge in [-0.05, 0) is 25.4 Å². The molecule has 2 rings (SSSR count). The summed E-state index contributed by atoms with van der Waals surface area (Å²) in [4.78, 5) is 14.4. The third-order valence-electron chi connectivity index (χ3n) is 3.75. The van der Waals surface area contributed by atoms with Crippen molar-refractivity contribution < 1.29 is 4.79 Å². The topological polar surface area (TPSA) is 76.2 Å². The molecule has 0 saturated carbocycles. The van der Waals surface area contributed by atoms with Crippen molar-refractivity contribution in [1.82, 2.24) is 20.0 Å². The molecule has 1 aromatic heterocycles. The molecule has 6 nitrogen and oxygen atoms in total. The molecule has 0 spiro atoms. The lowest BCUT2D eigenvalue weighted by molar-refractivity contribution is -0.122. The first-order chi connectivity index (χ1) is 9.10. The number of nitrogens with one attached hydrogen (secondary N) is 1. The number of nitrogens with zero attached hydrogens (tertiary/aromatic N) is 3. The second-order valence-corrected chi connectivity index (χ2v) is 5.22. The van der Waals surface area contributed by atoms with Gasteiger partial charge in [-0.15, -0.1) is 0 Å². The zero-order chi connectivity index (χ0) is 13.8. The van der Waals surface area contributed by atoms with Crippen LogP contribution in [0.2, 0.25) is 0 Å². The molecular formula is C13H23N5O. The molecule has 1 fully saturated rings. The molecule has 0 radical (unpaired) electrons. The van der Waals surface area contributed by atoms with Crippen molar-refractivity contribution in [3.63, 3.8) is 0 Å². The Labute approximate surface area is 113 Å². The highest BCUT2D eigenvalue weighted by Gasteiger charge is 2.23. The van der Waals surface area contributed by atoms with E-state index in [0.29, 0.717) is 12.5 Å². The van der Waals surface area contributed by atoms with Gasteiger partial charge in [0.2, 0.25) is 5.91 Å². The van der Waals surface area contributed by atoms with Crippen molar-refractivity contribution in [3.05, 3.63) is 18.0 Å². The SMILES string of the molecule is CCN1CCC(CNC(=O)C(N)c2cnn(C)c2)C1. The van der Waals surface area contributed by atoms with E-state index in [1.54, 1.807) is 17.1 Å². The lowest BCUT2D eigenvalue weighted by atomic mass is 10.1. The fourth-order valence-corrected chi connectivity index (χ4v) is 2.47. The number of nitrogens with two attached hydrogens (primary N) is 1. The zero-order valence-corrected chi connectivity index (χ0v) is 11.7. The van der Waals surface area contributed by atoms with E-state index >= 15 is 0 Å². The van der Waals surface area contributed by atoms with Gasteiger partial charge in [0.05, 0.1) is 6.20 Å². The largest absolute Gasteiger partial charge is 0.354 e. The summed E-state index contributed by atoms with van der Waals surface area (Å²) in [5.41, 5.74) is 6.67. The Balaban J connectivity index is 1.78. The van der Waals surface area contributed by atoms with Crippen molar-refractivity contribution >= 4 is 5.91 Å². The van der Waals surface area contributed by atoms with E-state index in [-0.39, 0.29) is 5.91 Å². The van der Waals surface area contributed by atoms with E-state index in [4.69, 9.17) is 5.73 Å². The molecule has 1 aromatic rings. The number of carbonyl (C=O) groups excluding carboxylic acids is 1. The van der Waals surface area contributed by atoms with Gasteiger partial charge in [-0.2, -0.15) is 5.10 Å². The lowest BCUT2D eigenvalue weighted by Gasteiger charge is -2.15. The van der Waals surface area contributed by atoms with E-state index in [0.717, 1.165) is 31.6 Å². The summed E-state index contributed by atoms with van der Waals surface area (Å²) in [6.07, 6.45) is 4.56. The molecule has 1 saturated heterocycles. The van der Waals surface area contributed by atoms with Crippen LogP contribution in [0.1, 0.15) is 24.9 Å². The van der Waals surface area contributed by atoms with Crippen LogP contribution in [0, 0.1) is 5.92 Å². The first kappa shape index (κ1) is 14.0. The first-order valence-electron chi connectivity index (χ1n) is 6.84. The Morgan fingerprint density at radius 1 is 1.68 bits per heavy atom. The van der Waals surface area contributed by atoms with Crippen LogP contribution in [0.25, 0.3) is 0 Å². The molecule has 1 aliphatic rings. The van der Waals surface area contributed by atoms with E-state index < -0.39 is 6.04 Å². The molecule has 2 unspecified atom stereocenters. The summed E-state index contributed by atoms with van der Waals surface area (Å²) < 4.78 is 1.65. The smallest absolute Gasteiger partial charge is 0.241 e. The van der Waals surface area contributed by atoms with Crippen LogP contribution in [0.15, 0.2) is 12.4 Å². The van der Waals surface area contributed by atoms with Crippen LogP contribution in [0.3, 0.4) is 0 Å². The predicted molar refractivity (Wildman–Crippen MR) is 73.4 cm³/mol. The van der Waals surface area contributed by atoms with Crippen LogP contribution in [-0.4, -0.2) is 46.8 Å². The summed E-state index contributed by atoms with van der Waals surface area (Å²) in [5, 5.41) is 6.98. The van der Waals surface area contributed by atoms with Crippen molar-refractivity contribution in [1.29, 1.82) is 0 Å². The average molecular weight is 265 g/mol.